The molecule has 0 radical (unpaired) electrons. The van der Waals surface area contributed by atoms with Crippen molar-refractivity contribution in [2.24, 2.45) is 5.92 Å². The largest absolute Gasteiger partial charge is 0.504 e. The number of hydrogen-bond acceptors (Lipinski definition) is 6. The molecule has 4 aromatic rings. The Morgan fingerprint density at radius 3 is 2.70 bits per heavy atom. The summed E-state index contributed by atoms with van der Waals surface area (Å²) in [6, 6.07) is 22.5. The number of piperidine rings is 1. The Hall–Kier alpha value is -3.61. The van der Waals surface area contributed by atoms with Crippen LogP contribution in [0.1, 0.15) is 53.3 Å². The van der Waals surface area contributed by atoms with E-state index in [9.17, 15) is 10.2 Å². The molecule has 6 heteroatoms. The van der Waals surface area contributed by atoms with Crippen molar-refractivity contribution in [1.29, 1.82) is 0 Å². The van der Waals surface area contributed by atoms with Crippen LogP contribution in [-0.4, -0.2) is 44.8 Å². The van der Waals surface area contributed by atoms with Crippen LogP contribution in [-0.2, 0) is 24.8 Å². The molecule has 4 atom stereocenters. The maximum absolute atomic E-state index is 13.2. The van der Waals surface area contributed by atoms with Gasteiger partial charge >= 0.3 is 0 Å². The van der Waals surface area contributed by atoms with E-state index >= 15 is 0 Å². The van der Waals surface area contributed by atoms with E-state index < -0.39 is 17.1 Å². The van der Waals surface area contributed by atoms with Gasteiger partial charge in [-0.3, -0.25) is 4.90 Å². The second kappa shape index (κ2) is 7.99. The second-order valence-corrected chi connectivity index (χ2v) is 12.6. The van der Waals surface area contributed by atoms with E-state index in [2.05, 4.69) is 58.7 Å². The highest BCUT2D eigenvalue weighted by Crippen LogP contribution is 2.69. The molecule has 1 saturated heterocycles. The average Bonchev–Trinajstić information content (AvgIpc) is 3.71. The molecule has 40 heavy (non-hydrogen) atoms. The number of ether oxygens (including phenoxy) is 1. The summed E-state index contributed by atoms with van der Waals surface area (Å²) in [5, 5.41) is 29.0. The first kappa shape index (κ1) is 23.1. The van der Waals surface area contributed by atoms with Gasteiger partial charge in [0.2, 0.25) is 0 Å². The van der Waals surface area contributed by atoms with Gasteiger partial charge in [-0.15, -0.1) is 0 Å². The van der Waals surface area contributed by atoms with Crippen LogP contribution in [0.2, 0.25) is 0 Å². The highest BCUT2D eigenvalue weighted by molar-refractivity contribution is 5.94. The molecule has 3 N–H and O–H groups in total. The van der Waals surface area contributed by atoms with Crippen molar-refractivity contribution < 1.29 is 14.9 Å². The molecule has 2 bridgehead atoms. The monoisotopic (exact) mass is 531 g/mol. The van der Waals surface area contributed by atoms with Gasteiger partial charge in [0.25, 0.3) is 0 Å². The van der Waals surface area contributed by atoms with Gasteiger partial charge in [-0.2, -0.15) is 0 Å². The van der Waals surface area contributed by atoms with Crippen LogP contribution in [0.15, 0.2) is 66.7 Å². The fraction of sp³-hybridized carbons (Fsp3) is 0.382. The molecule has 6 nitrogen and oxygen atoms in total. The van der Waals surface area contributed by atoms with Crippen molar-refractivity contribution in [2.75, 3.05) is 18.4 Å². The maximum Gasteiger partial charge on any atom is 0.166 e. The number of nitrogens with one attached hydrogen (secondary N) is 1. The quantitative estimate of drug-likeness (QED) is 0.327. The molecular formula is C34H33N3O3. The topological polar surface area (TPSA) is 77.8 Å². The molecule has 202 valence electrons. The number of nitrogens with zero attached hydrogens (tertiary/aromatic N) is 2. The molecule has 1 spiro atoms. The number of likely N-dealkylation sites (tertiary alicyclic amines) is 1. The van der Waals surface area contributed by atoms with E-state index in [4.69, 9.17) is 9.72 Å². The predicted octanol–water partition coefficient (Wildman–Crippen LogP) is 5.25. The molecule has 9 rings (SSSR count). The molecule has 0 unspecified atom stereocenters. The van der Waals surface area contributed by atoms with Crippen molar-refractivity contribution in [2.45, 2.75) is 61.8 Å². The third-order valence-electron chi connectivity index (χ3n) is 10.5. The first-order valence-corrected chi connectivity index (χ1v) is 14.7. The SMILES string of the molecule is Oc1ccc2c3c1O[C@H]1c4nc5ccccc5c(NCc5ccccc5)c4C[C@@]4(O)[C@H](C2)N(CC2CC2)CC[C@]314. The number of phenolic OH excluding ortho intramolecular Hbond substituents is 1. The molecular weight excluding hydrogens is 498 g/mol. The van der Waals surface area contributed by atoms with Gasteiger partial charge in [-0.25, -0.2) is 4.98 Å². The second-order valence-electron chi connectivity index (χ2n) is 12.6. The van der Waals surface area contributed by atoms with E-state index in [1.54, 1.807) is 6.07 Å². The Kier molecular flexibility index (Phi) is 4.62. The van der Waals surface area contributed by atoms with Gasteiger partial charge in [0.05, 0.1) is 22.2 Å². The van der Waals surface area contributed by atoms with E-state index in [1.165, 1.54) is 24.0 Å². The van der Waals surface area contributed by atoms with E-state index in [0.717, 1.165) is 65.3 Å². The van der Waals surface area contributed by atoms with Crippen molar-refractivity contribution in [3.05, 3.63) is 94.7 Å². The molecule has 3 aromatic carbocycles. The van der Waals surface area contributed by atoms with Crippen LogP contribution in [0.5, 0.6) is 11.5 Å². The number of pyridine rings is 1. The summed E-state index contributed by atoms with van der Waals surface area (Å²) in [6.07, 6.45) is 4.21. The number of aliphatic hydroxyl groups is 1. The Morgan fingerprint density at radius 2 is 1.85 bits per heavy atom. The van der Waals surface area contributed by atoms with Crippen LogP contribution in [0.25, 0.3) is 10.9 Å². The van der Waals surface area contributed by atoms with Crippen molar-refractivity contribution >= 4 is 16.6 Å². The zero-order chi connectivity index (χ0) is 26.6. The molecule has 5 aliphatic rings. The molecule has 1 aromatic heterocycles. The highest BCUT2D eigenvalue weighted by Gasteiger charge is 2.73. The van der Waals surface area contributed by atoms with Gasteiger partial charge < -0.3 is 20.3 Å². The van der Waals surface area contributed by atoms with Gasteiger partial charge in [-0.05, 0) is 61.4 Å². The van der Waals surface area contributed by atoms with Gasteiger partial charge in [0.1, 0.15) is 0 Å². The first-order valence-electron chi connectivity index (χ1n) is 14.7. The van der Waals surface area contributed by atoms with Crippen molar-refractivity contribution in [1.82, 2.24) is 9.88 Å². The lowest BCUT2D eigenvalue weighted by Crippen LogP contribution is -2.74. The Bertz CT molecular complexity index is 1690. The smallest absolute Gasteiger partial charge is 0.166 e. The maximum atomic E-state index is 13.2. The zero-order valence-corrected chi connectivity index (χ0v) is 22.4. The summed E-state index contributed by atoms with van der Waals surface area (Å²) in [4.78, 5) is 7.83. The normalized spacial score (nSPS) is 29.5. The van der Waals surface area contributed by atoms with E-state index in [0.29, 0.717) is 18.7 Å². The molecule has 0 amide bonds. The Morgan fingerprint density at radius 1 is 1.02 bits per heavy atom. The summed E-state index contributed by atoms with van der Waals surface area (Å²) >= 11 is 0. The minimum absolute atomic E-state index is 0.00228. The third-order valence-corrected chi connectivity index (χ3v) is 10.5. The number of hydrogen-bond donors (Lipinski definition) is 3. The summed E-state index contributed by atoms with van der Waals surface area (Å²) in [5.74, 6) is 1.46. The molecule has 2 fully saturated rings. The fourth-order valence-electron chi connectivity index (χ4n) is 8.58. The summed E-state index contributed by atoms with van der Waals surface area (Å²) in [6.45, 7) is 2.66. The lowest BCUT2D eigenvalue weighted by molar-refractivity contribution is -0.173. The summed E-state index contributed by atoms with van der Waals surface area (Å²) in [5.41, 5.74) is 5.68. The number of benzene rings is 3. The zero-order valence-electron chi connectivity index (χ0n) is 22.4. The summed E-state index contributed by atoms with van der Waals surface area (Å²) in [7, 11) is 0. The summed E-state index contributed by atoms with van der Waals surface area (Å²) < 4.78 is 6.78. The van der Waals surface area contributed by atoms with Crippen LogP contribution in [0.3, 0.4) is 0 Å². The molecule has 1 saturated carbocycles. The van der Waals surface area contributed by atoms with Crippen molar-refractivity contribution in [3.63, 3.8) is 0 Å². The van der Waals surface area contributed by atoms with Crippen LogP contribution in [0.4, 0.5) is 5.69 Å². The molecule has 3 aliphatic carbocycles. The number of para-hydroxylation sites is 1. The number of phenols is 1. The van der Waals surface area contributed by atoms with Gasteiger partial charge in [-0.1, -0.05) is 54.6 Å². The van der Waals surface area contributed by atoms with Gasteiger partial charge in [0.15, 0.2) is 17.6 Å². The van der Waals surface area contributed by atoms with Crippen LogP contribution >= 0.6 is 0 Å². The average molecular weight is 532 g/mol. The Labute approximate surface area is 233 Å². The van der Waals surface area contributed by atoms with Crippen LogP contribution < -0.4 is 10.1 Å². The number of rotatable bonds is 5. The lowest BCUT2D eigenvalue weighted by atomic mass is 9.48. The highest BCUT2D eigenvalue weighted by atomic mass is 16.5. The minimum atomic E-state index is -1.03. The van der Waals surface area contributed by atoms with E-state index in [-0.39, 0.29) is 11.8 Å². The lowest BCUT2D eigenvalue weighted by Gasteiger charge is -2.63. The van der Waals surface area contributed by atoms with Crippen LogP contribution in [0, 0.1) is 5.92 Å². The fourth-order valence-corrected chi connectivity index (χ4v) is 8.58. The predicted molar refractivity (Wildman–Crippen MR) is 154 cm³/mol. The van der Waals surface area contributed by atoms with Gasteiger partial charge in [0, 0.05) is 47.8 Å². The molecule has 2 aliphatic heterocycles. The minimum Gasteiger partial charge on any atom is -0.504 e. The number of anilines is 1. The number of aromatic nitrogens is 1. The number of fused-ring (bicyclic) bond motifs is 3. The number of aromatic hydroxyl groups is 1. The molecule has 3 heterocycles. The Balaban J connectivity index is 1.27. The van der Waals surface area contributed by atoms with E-state index in [1.807, 2.05) is 12.1 Å². The third kappa shape index (κ3) is 2.93. The van der Waals surface area contributed by atoms with Crippen molar-refractivity contribution in [3.8, 4) is 11.5 Å². The standard InChI is InChI=1S/C34H33N3O3/c38-26-13-12-22-16-27-34(39)17-24-29(35-18-20-6-2-1-3-7-20)23-8-4-5-9-25(23)36-30(24)32-33(34,28(22)31(26)40-32)14-15-37(27)19-21-10-11-21/h1-9,12-13,21,27,32,38-39H,10-11,14-19H2,(H,35,36)/t27-,32-,33-,34+/m0/s1. The first-order chi connectivity index (χ1) is 19.6.